The minimum Gasteiger partial charge on any atom is -0.465 e. The van der Waals surface area contributed by atoms with Crippen molar-refractivity contribution in [2.75, 3.05) is 13.2 Å². The monoisotopic (exact) mass is 513 g/mol. The SMILES string of the molecule is CCCCCCCCCCCCCCN1C(=NC(=O)c2ccc(C#N)cc2)SC(C(=O)OCC)C1C. The number of nitrogens with zero attached hydrogens (tertiary/aromatic N) is 3. The fraction of sp³-hybridized carbons (Fsp3) is 0.655. The first kappa shape index (κ1) is 29.9. The average Bonchev–Trinajstić information content (AvgIpc) is 3.19. The Morgan fingerprint density at radius 2 is 1.50 bits per heavy atom. The number of ether oxygens (including phenoxy) is 1. The molecule has 0 aromatic heterocycles. The number of esters is 1. The standard InChI is InChI=1S/C29H43N3O3S/c1-4-6-7-8-9-10-11-12-13-14-15-16-21-32-23(3)26(28(34)35-5-2)36-29(32)31-27(33)25-19-17-24(22-30)18-20-25/h17-20,23,26H,4-16,21H2,1-3H3. The predicted octanol–water partition coefficient (Wildman–Crippen LogP) is 7.12. The summed E-state index contributed by atoms with van der Waals surface area (Å²) >= 11 is 1.32. The summed E-state index contributed by atoms with van der Waals surface area (Å²) < 4.78 is 5.27. The number of amides is 1. The normalized spacial score (nSPS) is 18.4. The van der Waals surface area contributed by atoms with Crippen molar-refractivity contribution in [1.29, 1.82) is 5.26 Å². The van der Waals surface area contributed by atoms with E-state index in [4.69, 9.17) is 10.00 Å². The lowest BCUT2D eigenvalue weighted by molar-refractivity contribution is -0.143. The maximum Gasteiger partial charge on any atom is 0.321 e. The summed E-state index contributed by atoms with van der Waals surface area (Å²) in [5.41, 5.74) is 0.929. The number of amidine groups is 1. The van der Waals surface area contributed by atoms with Gasteiger partial charge in [0.2, 0.25) is 0 Å². The highest BCUT2D eigenvalue weighted by molar-refractivity contribution is 8.15. The zero-order chi connectivity index (χ0) is 26.2. The number of thioether (sulfide) groups is 1. The zero-order valence-corrected chi connectivity index (χ0v) is 23.2. The molecule has 0 aliphatic carbocycles. The van der Waals surface area contributed by atoms with E-state index in [1.807, 2.05) is 6.92 Å². The molecule has 0 saturated carbocycles. The predicted molar refractivity (Wildman–Crippen MR) is 148 cm³/mol. The van der Waals surface area contributed by atoms with Crippen LogP contribution in [-0.4, -0.2) is 46.4 Å². The maximum atomic E-state index is 12.8. The lowest BCUT2D eigenvalue weighted by atomic mass is 10.1. The highest BCUT2D eigenvalue weighted by Crippen LogP contribution is 2.33. The Kier molecular flexibility index (Phi) is 14.3. The van der Waals surface area contributed by atoms with Gasteiger partial charge in [-0.05, 0) is 44.5 Å². The number of nitriles is 1. The first-order valence-electron chi connectivity index (χ1n) is 13.7. The molecular weight excluding hydrogens is 470 g/mol. The number of carbonyl (C=O) groups is 2. The van der Waals surface area contributed by atoms with Crippen LogP contribution >= 0.6 is 11.8 Å². The van der Waals surface area contributed by atoms with Crippen LogP contribution in [0.2, 0.25) is 0 Å². The van der Waals surface area contributed by atoms with Gasteiger partial charge in [-0.1, -0.05) is 89.3 Å². The molecule has 6 nitrogen and oxygen atoms in total. The van der Waals surface area contributed by atoms with Crippen LogP contribution in [0, 0.1) is 11.3 Å². The molecule has 1 aliphatic heterocycles. The summed E-state index contributed by atoms with van der Waals surface area (Å²) in [4.78, 5) is 31.8. The zero-order valence-electron chi connectivity index (χ0n) is 22.3. The second-order valence-electron chi connectivity index (χ2n) is 9.50. The molecule has 1 heterocycles. The molecule has 1 saturated heterocycles. The van der Waals surface area contributed by atoms with E-state index in [-0.39, 0.29) is 17.9 Å². The van der Waals surface area contributed by atoms with E-state index in [2.05, 4.69) is 22.9 Å². The summed E-state index contributed by atoms with van der Waals surface area (Å²) in [5.74, 6) is -0.621. The van der Waals surface area contributed by atoms with Crippen molar-refractivity contribution < 1.29 is 14.3 Å². The van der Waals surface area contributed by atoms with Crippen LogP contribution in [0.4, 0.5) is 0 Å². The Bertz CT molecular complexity index is 879. The first-order chi connectivity index (χ1) is 17.5. The third kappa shape index (κ3) is 9.97. The largest absolute Gasteiger partial charge is 0.465 e. The minimum absolute atomic E-state index is 0.0886. The summed E-state index contributed by atoms with van der Waals surface area (Å²) in [7, 11) is 0. The number of unbranched alkanes of at least 4 members (excludes halogenated alkanes) is 11. The summed E-state index contributed by atoms with van der Waals surface area (Å²) in [5, 5.41) is 9.17. The molecule has 36 heavy (non-hydrogen) atoms. The van der Waals surface area contributed by atoms with E-state index in [0.717, 1.165) is 19.4 Å². The van der Waals surface area contributed by atoms with Gasteiger partial charge < -0.3 is 9.64 Å². The number of aliphatic imine (C=N–C) groups is 1. The molecule has 2 rings (SSSR count). The lowest BCUT2D eigenvalue weighted by Crippen LogP contribution is -2.39. The molecule has 0 bridgehead atoms. The lowest BCUT2D eigenvalue weighted by Gasteiger charge is -2.24. The molecule has 7 heteroatoms. The fourth-order valence-electron chi connectivity index (χ4n) is 4.44. The van der Waals surface area contributed by atoms with Crippen LogP contribution in [0.3, 0.4) is 0 Å². The average molecular weight is 514 g/mol. The number of rotatable bonds is 16. The second kappa shape index (κ2) is 17.2. The van der Waals surface area contributed by atoms with Crippen LogP contribution in [0.25, 0.3) is 0 Å². The Hall–Kier alpha value is -2.33. The number of hydrogen-bond donors (Lipinski definition) is 0. The highest BCUT2D eigenvalue weighted by atomic mass is 32.2. The number of benzene rings is 1. The van der Waals surface area contributed by atoms with Crippen LogP contribution in [0.15, 0.2) is 29.3 Å². The van der Waals surface area contributed by atoms with E-state index >= 15 is 0 Å². The van der Waals surface area contributed by atoms with Crippen molar-refractivity contribution in [3.05, 3.63) is 35.4 Å². The Morgan fingerprint density at radius 3 is 2.03 bits per heavy atom. The second-order valence-corrected chi connectivity index (χ2v) is 10.6. The van der Waals surface area contributed by atoms with E-state index in [9.17, 15) is 9.59 Å². The van der Waals surface area contributed by atoms with Gasteiger partial charge in [0.25, 0.3) is 5.91 Å². The molecule has 2 atom stereocenters. The third-order valence-corrected chi connectivity index (χ3v) is 8.01. The van der Waals surface area contributed by atoms with Crippen molar-refractivity contribution in [2.45, 2.75) is 109 Å². The first-order valence-corrected chi connectivity index (χ1v) is 14.6. The Morgan fingerprint density at radius 1 is 0.944 bits per heavy atom. The number of hydrogen-bond acceptors (Lipinski definition) is 5. The van der Waals surface area contributed by atoms with Gasteiger partial charge in [-0.15, -0.1) is 0 Å². The van der Waals surface area contributed by atoms with Gasteiger partial charge in [-0.2, -0.15) is 10.3 Å². The van der Waals surface area contributed by atoms with Gasteiger partial charge in [0.15, 0.2) is 5.17 Å². The molecule has 1 aromatic rings. The van der Waals surface area contributed by atoms with Crippen molar-refractivity contribution in [2.24, 2.45) is 4.99 Å². The molecule has 1 aromatic carbocycles. The van der Waals surface area contributed by atoms with Gasteiger partial charge in [-0.25, -0.2) is 0 Å². The molecule has 1 amide bonds. The highest BCUT2D eigenvalue weighted by Gasteiger charge is 2.41. The molecule has 0 N–H and O–H groups in total. The Labute approximate surface area is 221 Å². The van der Waals surface area contributed by atoms with Gasteiger partial charge in [0, 0.05) is 12.1 Å². The molecule has 0 spiro atoms. The molecule has 2 unspecified atom stereocenters. The maximum absolute atomic E-state index is 12.8. The van der Waals surface area contributed by atoms with Gasteiger partial charge in [0.1, 0.15) is 5.25 Å². The van der Waals surface area contributed by atoms with Crippen LogP contribution in [0.5, 0.6) is 0 Å². The topological polar surface area (TPSA) is 82.8 Å². The van der Waals surface area contributed by atoms with Gasteiger partial charge >= 0.3 is 5.97 Å². The van der Waals surface area contributed by atoms with Crippen LogP contribution in [-0.2, 0) is 9.53 Å². The van der Waals surface area contributed by atoms with E-state index < -0.39 is 5.25 Å². The quantitative estimate of drug-likeness (QED) is 0.173. The molecule has 198 valence electrons. The minimum atomic E-state index is -0.394. The van der Waals surface area contributed by atoms with Crippen molar-refractivity contribution >= 4 is 28.8 Å². The third-order valence-electron chi connectivity index (χ3n) is 6.64. The van der Waals surface area contributed by atoms with Crippen molar-refractivity contribution in [3.63, 3.8) is 0 Å². The van der Waals surface area contributed by atoms with Gasteiger partial charge in [-0.3, -0.25) is 9.59 Å². The molecule has 1 fully saturated rings. The van der Waals surface area contributed by atoms with Crippen LogP contribution < -0.4 is 0 Å². The molecule has 1 aliphatic rings. The van der Waals surface area contributed by atoms with Crippen molar-refractivity contribution in [3.8, 4) is 6.07 Å². The molecule has 0 radical (unpaired) electrons. The summed E-state index contributed by atoms with van der Waals surface area (Å²) in [6, 6.07) is 8.43. The summed E-state index contributed by atoms with van der Waals surface area (Å²) in [6.07, 6.45) is 15.4. The van der Waals surface area contributed by atoms with Crippen LogP contribution in [0.1, 0.15) is 114 Å². The van der Waals surface area contributed by atoms with Gasteiger partial charge in [0.05, 0.1) is 24.3 Å². The molecular formula is C29H43N3O3S. The van der Waals surface area contributed by atoms with E-state index in [1.54, 1.807) is 31.2 Å². The van der Waals surface area contributed by atoms with E-state index in [0.29, 0.717) is 22.9 Å². The van der Waals surface area contributed by atoms with E-state index in [1.165, 1.54) is 76.0 Å². The number of carbonyl (C=O) groups excluding carboxylic acids is 2. The fourth-order valence-corrected chi connectivity index (χ4v) is 5.70. The van der Waals surface area contributed by atoms with Crippen molar-refractivity contribution in [1.82, 2.24) is 4.90 Å². The Balaban J connectivity index is 1.85. The summed E-state index contributed by atoms with van der Waals surface area (Å²) in [6.45, 7) is 7.16. The smallest absolute Gasteiger partial charge is 0.321 e.